The Morgan fingerprint density at radius 1 is 1.02 bits per heavy atom. The number of hydrogen-bond acceptors (Lipinski definition) is 7. The summed E-state index contributed by atoms with van der Waals surface area (Å²) in [6.07, 6.45) is 12.7. The number of carbonyl (C=O) groups is 3. The fraction of sp³-hybridized carbons (Fsp3) is 0.743. The largest absolute Gasteiger partial charge is 0.459 e. The zero-order chi connectivity index (χ0) is 31.1. The molecule has 0 radical (unpaired) electrons. The third-order valence-corrected chi connectivity index (χ3v) is 12.4. The van der Waals surface area contributed by atoms with E-state index in [0.717, 1.165) is 56.7 Å². The lowest BCUT2D eigenvalue weighted by atomic mass is 9.46. The number of aliphatic hydroxyl groups excluding tert-OH is 3. The number of carbonyl (C=O) groups excluding carboxylic acids is 3. The molecule has 3 N–H and O–H groups in total. The summed E-state index contributed by atoms with van der Waals surface area (Å²) in [7, 11) is 0. The van der Waals surface area contributed by atoms with Gasteiger partial charge in [0.05, 0.1) is 18.3 Å². The number of rotatable bonds is 5. The molecule has 0 aromatic rings. The van der Waals surface area contributed by atoms with E-state index in [1.165, 1.54) is 6.42 Å². The maximum atomic E-state index is 11.8. The summed E-state index contributed by atoms with van der Waals surface area (Å²) in [5.74, 6) is 0.247. The highest BCUT2D eigenvalue weighted by atomic mass is 16.6. The first-order valence-electron chi connectivity index (χ1n) is 15.8. The number of aldehydes is 2. The monoisotopic (exact) mass is 584 g/mol. The number of hydrogen-bond donors (Lipinski definition) is 3. The minimum absolute atomic E-state index is 0.0194. The van der Waals surface area contributed by atoms with Gasteiger partial charge in [0.25, 0.3) is 0 Å². The average Bonchev–Trinajstić information content (AvgIpc) is 3.26. The molecule has 1 aliphatic heterocycles. The molecule has 0 bridgehead atoms. The van der Waals surface area contributed by atoms with E-state index in [4.69, 9.17) is 4.74 Å². The quantitative estimate of drug-likeness (QED) is 0.177. The van der Waals surface area contributed by atoms with Crippen LogP contribution in [0, 0.1) is 45.3 Å². The standard InChI is InChI=1S/C20H30O5.C15H22O2/c1-12-4-7-16-19(2,9-8-17(23)20(16,3)11-21)14(12)6-5-13-15(22)10-25-18(13)24;1-14(2)7-4-8-15(3)12(10-17)11(9-16)5-6-13(14)15/h5,14-17,21-23H,1,4,6-11H2,2-3H3;5,9-10,12-13H,4,6-8H2,1-3H3/b13-5+;/t14-,15-,16+,17-,19+,20+;12-,13-,15+/m10/s1. The van der Waals surface area contributed by atoms with Gasteiger partial charge in [-0.05, 0) is 90.9 Å². The Morgan fingerprint density at radius 2 is 1.74 bits per heavy atom. The minimum Gasteiger partial charge on any atom is -0.459 e. The van der Waals surface area contributed by atoms with Crippen molar-refractivity contribution >= 4 is 18.5 Å². The van der Waals surface area contributed by atoms with Crippen LogP contribution in [0.2, 0.25) is 0 Å². The molecule has 3 saturated carbocycles. The van der Waals surface area contributed by atoms with Gasteiger partial charge in [-0.3, -0.25) is 4.79 Å². The van der Waals surface area contributed by atoms with Crippen LogP contribution in [-0.4, -0.2) is 59.3 Å². The van der Waals surface area contributed by atoms with Crippen molar-refractivity contribution in [2.45, 2.75) is 105 Å². The van der Waals surface area contributed by atoms with Gasteiger partial charge in [-0.15, -0.1) is 0 Å². The summed E-state index contributed by atoms with van der Waals surface area (Å²) in [5, 5.41) is 30.4. The predicted molar refractivity (Wildman–Crippen MR) is 161 cm³/mol. The topological polar surface area (TPSA) is 121 Å². The van der Waals surface area contributed by atoms with Crippen molar-refractivity contribution in [1.29, 1.82) is 0 Å². The van der Waals surface area contributed by atoms with E-state index in [1.54, 1.807) is 0 Å². The van der Waals surface area contributed by atoms with Gasteiger partial charge in [0.15, 0.2) is 0 Å². The number of cyclic esters (lactones) is 1. The molecule has 4 fully saturated rings. The molecule has 0 aromatic heterocycles. The van der Waals surface area contributed by atoms with Crippen LogP contribution in [0.1, 0.15) is 92.4 Å². The summed E-state index contributed by atoms with van der Waals surface area (Å²) >= 11 is 0. The highest BCUT2D eigenvalue weighted by Crippen LogP contribution is 2.62. The van der Waals surface area contributed by atoms with Gasteiger partial charge in [0.1, 0.15) is 25.3 Å². The zero-order valence-electron chi connectivity index (χ0n) is 26.2. The number of ether oxygens (including phenoxy) is 1. The van der Waals surface area contributed by atoms with Crippen molar-refractivity contribution in [3.8, 4) is 0 Å². The maximum absolute atomic E-state index is 11.8. The lowest BCUT2D eigenvalue weighted by Crippen LogP contribution is -2.57. The molecule has 5 rings (SSSR count). The van der Waals surface area contributed by atoms with Crippen LogP contribution in [-0.2, 0) is 19.1 Å². The molecular formula is C35H52O7. The number of aliphatic hydroxyl groups is 3. The number of fused-ring (bicyclic) bond motifs is 2. The first-order valence-corrected chi connectivity index (χ1v) is 15.8. The Balaban J connectivity index is 0.000000208. The van der Waals surface area contributed by atoms with Crippen molar-refractivity contribution in [1.82, 2.24) is 0 Å². The first kappa shape index (κ1) is 32.8. The van der Waals surface area contributed by atoms with Crippen LogP contribution >= 0.6 is 0 Å². The average molecular weight is 585 g/mol. The molecule has 9 atom stereocenters. The number of esters is 1. The molecular weight excluding hydrogens is 532 g/mol. The Bertz CT molecular complexity index is 1140. The van der Waals surface area contributed by atoms with E-state index in [9.17, 15) is 29.7 Å². The third-order valence-electron chi connectivity index (χ3n) is 12.4. The lowest BCUT2D eigenvalue weighted by Gasteiger charge is -2.59. The van der Waals surface area contributed by atoms with Gasteiger partial charge in [0.2, 0.25) is 0 Å². The van der Waals surface area contributed by atoms with Crippen LogP contribution in [0.25, 0.3) is 0 Å². The molecule has 1 heterocycles. The maximum Gasteiger partial charge on any atom is 0.336 e. The molecule has 42 heavy (non-hydrogen) atoms. The van der Waals surface area contributed by atoms with Gasteiger partial charge >= 0.3 is 5.97 Å². The molecule has 0 spiro atoms. The predicted octanol–water partition coefficient (Wildman–Crippen LogP) is 5.13. The lowest BCUT2D eigenvalue weighted by molar-refractivity contribution is -0.151. The second-order valence-corrected chi connectivity index (χ2v) is 15.1. The summed E-state index contributed by atoms with van der Waals surface area (Å²) in [6, 6.07) is 0. The van der Waals surface area contributed by atoms with E-state index in [1.807, 2.05) is 19.1 Å². The highest BCUT2D eigenvalue weighted by Gasteiger charge is 2.57. The third kappa shape index (κ3) is 5.50. The van der Waals surface area contributed by atoms with Crippen LogP contribution in [0.4, 0.5) is 0 Å². The summed E-state index contributed by atoms with van der Waals surface area (Å²) in [4.78, 5) is 34.2. The van der Waals surface area contributed by atoms with E-state index >= 15 is 0 Å². The van der Waals surface area contributed by atoms with Crippen molar-refractivity contribution in [3.63, 3.8) is 0 Å². The molecule has 0 unspecified atom stereocenters. The van der Waals surface area contributed by atoms with E-state index in [-0.39, 0.29) is 47.2 Å². The summed E-state index contributed by atoms with van der Waals surface area (Å²) in [6.45, 7) is 15.3. The molecule has 4 aliphatic carbocycles. The molecule has 0 aromatic carbocycles. The van der Waals surface area contributed by atoms with E-state index in [0.29, 0.717) is 29.9 Å². The van der Waals surface area contributed by atoms with Crippen molar-refractivity contribution < 1.29 is 34.4 Å². The van der Waals surface area contributed by atoms with E-state index in [2.05, 4.69) is 34.3 Å². The molecule has 5 aliphatic rings. The Kier molecular flexibility index (Phi) is 9.47. The fourth-order valence-corrected chi connectivity index (χ4v) is 9.81. The van der Waals surface area contributed by atoms with Crippen LogP contribution in [0.3, 0.4) is 0 Å². The molecule has 1 saturated heterocycles. The number of allylic oxidation sites excluding steroid dienone is 4. The van der Waals surface area contributed by atoms with Gasteiger partial charge < -0.3 is 24.9 Å². The van der Waals surface area contributed by atoms with Gasteiger partial charge in [-0.25, -0.2) is 4.79 Å². The van der Waals surface area contributed by atoms with E-state index < -0.39 is 23.6 Å². The van der Waals surface area contributed by atoms with Crippen LogP contribution < -0.4 is 0 Å². The van der Waals surface area contributed by atoms with Crippen molar-refractivity contribution in [2.24, 2.45) is 45.3 Å². The Morgan fingerprint density at radius 3 is 2.33 bits per heavy atom. The summed E-state index contributed by atoms with van der Waals surface area (Å²) < 4.78 is 4.90. The molecule has 7 nitrogen and oxygen atoms in total. The second-order valence-electron chi connectivity index (χ2n) is 15.1. The normalized spacial score (nSPS) is 43.7. The molecule has 234 valence electrons. The Labute approximate surface area is 251 Å². The smallest absolute Gasteiger partial charge is 0.336 e. The van der Waals surface area contributed by atoms with Gasteiger partial charge in [0, 0.05) is 11.3 Å². The van der Waals surface area contributed by atoms with Crippen molar-refractivity contribution in [2.75, 3.05) is 13.2 Å². The first-order chi connectivity index (χ1) is 19.7. The minimum atomic E-state index is -0.844. The Hall–Kier alpha value is -2.09. The van der Waals surface area contributed by atoms with Crippen LogP contribution in [0.5, 0.6) is 0 Å². The van der Waals surface area contributed by atoms with Gasteiger partial charge in [-0.1, -0.05) is 65.3 Å². The second kappa shape index (κ2) is 12.1. The SMILES string of the molecule is C=C1CC[C@@H]2[C@](C)(CO)[C@H](O)CC[C@@]2(C)[C@@H]1C/C=C1/C(=O)OC[C@H]1O.CC1(C)CCC[C@]2(C)[C@@H](C=O)C(C=O)=CC[C@@H]12. The molecule has 7 heteroatoms. The summed E-state index contributed by atoms with van der Waals surface area (Å²) in [5.41, 5.74) is 1.87. The highest BCUT2D eigenvalue weighted by molar-refractivity contribution is 5.91. The van der Waals surface area contributed by atoms with Crippen molar-refractivity contribution in [3.05, 3.63) is 35.5 Å². The van der Waals surface area contributed by atoms with Crippen LogP contribution in [0.15, 0.2) is 35.5 Å². The zero-order valence-corrected chi connectivity index (χ0v) is 26.2. The fourth-order valence-electron chi connectivity index (χ4n) is 9.81. The van der Waals surface area contributed by atoms with Gasteiger partial charge in [-0.2, -0.15) is 0 Å². The molecule has 0 amide bonds.